The summed E-state index contributed by atoms with van der Waals surface area (Å²) in [6, 6.07) is 8.22. The molecule has 0 aromatic heterocycles. The number of hydrogen-bond acceptors (Lipinski definition) is 2. The largest absolute Gasteiger partial charge is 0.389 e. The van der Waals surface area contributed by atoms with E-state index < -0.39 is 0 Å². The predicted molar refractivity (Wildman–Crippen MR) is 69.8 cm³/mol. The van der Waals surface area contributed by atoms with E-state index >= 15 is 0 Å². The lowest BCUT2D eigenvalue weighted by molar-refractivity contribution is 0.196. The summed E-state index contributed by atoms with van der Waals surface area (Å²) >= 11 is 1.91. The molecule has 1 nitrogen and oxygen atoms in total. The molecule has 0 unspecified atom stereocenters. The topological polar surface area (TPSA) is 20.2 Å². The van der Waals surface area contributed by atoms with E-state index in [0.29, 0.717) is 0 Å². The maximum atomic E-state index is 9.68. The van der Waals surface area contributed by atoms with Crippen molar-refractivity contribution in [2.75, 3.05) is 5.75 Å². The van der Waals surface area contributed by atoms with Crippen molar-refractivity contribution in [2.45, 2.75) is 43.6 Å². The van der Waals surface area contributed by atoms with E-state index in [1.165, 1.54) is 36.3 Å². The van der Waals surface area contributed by atoms with Gasteiger partial charge in [0, 0.05) is 10.6 Å². The van der Waals surface area contributed by atoms with E-state index in [1.54, 1.807) is 0 Å². The summed E-state index contributed by atoms with van der Waals surface area (Å²) in [6.07, 6.45) is 5.24. The third-order valence-corrected chi connectivity index (χ3v) is 4.64. The molecule has 1 aliphatic rings. The highest BCUT2D eigenvalue weighted by Crippen LogP contribution is 2.33. The molecular formula is C14H20OS. The zero-order valence-corrected chi connectivity index (χ0v) is 10.7. The monoisotopic (exact) mass is 236 g/mol. The number of rotatable bonds is 4. The van der Waals surface area contributed by atoms with E-state index in [-0.39, 0.29) is 6.10 Å². The summed E-state index contributed by atoms with van der Waals surface area (Å²) in [6.45, 7) is 1.84. The first-order valence-corrected chi connectivity index (χ1v) is 7.15. The van der Waals surface area contributed by atoms with Crippen LogP contribution in [-0.4, -0.2) is 10.9 Å². The molecule has 1 saturated carbocycles. The lowest BCUT2D eigenvalue weighted by Gasteiger charge is -2.13. The minimum atomic E-state index is -0.354. The van der Waals surface area contributed by atoms with E-state index in [2.05, 4.69) is 12.1 Å². The second kappa shape index (κ2) is 5.74. The maximum Gasteiger partial charge on any atom is 0.0772 e. The van der Waals surface area contributed by atoms with Crippen LogP contribution < -0.4 is 0 Å². The van der Waals surface area contributed by atoms with Crippen molar-refractivity contribution in [3.05, 3.63) is 29.8 Å². The number of thioether (sulfide) groups is 1. The molecule has 1 atom stereocenters. The molecule has 1 N–H and O–H groups in total. The van der Waals surface area contributed by atoms with Crippen LogP contribution >= 0.6 is 11.8 Å². The van der Waals surface area contributed by atoms with Crippen molar-refractivity contribution >= 4 is 11.8 Å². The summed E-state index contributed by atoms with van der Waals surface area (Å²) in [5, 5.41) is 9.68. The highest BCUT2D eigenvalue weighted by Gasteiger charge is 2.16. The minimum Gasteiger partial charge on any atom is -0.389 e. The Morgan fingerprint density at radius 1 is 1.31 bits per heavy atom. The van der Waals surface area contributed by atoms with Gasteiger partial charge in [-0.2, -0.15) is 0 Å². The molecule has 0 amide bonds. The summed E-state index contributed by atoms with van der Waals surface area (Å²) in [5.74, 6) is 2.11. The summed E-state index contributed by atoms with van der Waals surface area (Å²) in [7, 11) is 0. The molecule has 2 heteroatoms. The fourth-order valence-corrected chi connectivity index (χ4v) is 3.67. The fraction of sp³-hybridized carbons (Fsp3) is 0.571. The van der Waals surface area contributed by atoms with E-state index in [0.717, 1.165) is 11.5 Å². The molecule has 2 rings (SSSR count). The first-order chi connectivity index (χ1) is 7.77. The van der Waals surface area contributed by atoms with Gasteiger partial charge in [0.2, 0.25) is 0 Å². The molecule has 1 aromatic rings. The van der Waals surface area contributed by atoms with Crippen LogP contribution in [0.4, 0.5) is 0 Å². The second-order valence-corrected chi connectivity index (χ2v) is 5.74. The Labute approximate surface area is 102 Å². The molecule has 0 aliphatic heterocycles. The Hall–Kier alpha value is -0.470. The third kappa shape index (κ3) is 3.02. The molecule has 16 heavy (non-hydrogen) atoms. The lowest BCUT2D eigenvalue weighted by Crippen LogP contribution is -1.99. The standard InChI is InChI=1S/C14H20OS/c1-11(15)13-8-4-5-9-14(13)16-10-12-6-2-3-7-12/h4-5,8-9,11-12,15H,2-3,6-7,10H2,1H3/t11-/m1/s1. The van der Waals surface area contributed by atoms with E-state index in [9.17, 15) is 5.11 Å². The van der Waals surface area contributed by atoms with Gasteiger partial charge in [0.05, 0.1) is 6.10 Å². The first-order valence-electron chi connectivity index (χ1n) is 6.17. The van der Waals surface area contributed by atoms with Gasteiger partial charge in [0.15, 0.2) is 0 Å². The minimum absolute atomic E-state index is 0.354. The Kier molecular flexibility index (Phi) is 4.30. The second-order valence-electron chi connectivity index (χ2n) is 4.68. The summed E-state index contributed by atoms with van der Waals surface area (Å²) < 4.78 is 0. The average Bonchev–Trinajstić information content (AvgIpc) is 2.79. The van der Waals surface area contributed by atoms with Gasteiger partial charge >= 0.3 is 0 Å². The highest BCUT2D eigenvalue weighted by atomic mass is 32.2. The molecule has 0 bridgehead atoms. The average molecular weight is 236 g/mol. The van der Waals surface area contributed by atoms with Crippen LogP contribution in [0.2, 0.25) is 0 Å². The van der Waals surface area contributed by atoms with Gasteiger partial charge in [-0.05, 0) is 37.3 Å². The van der Waals surface area contributed by atoms with E-state index in [4.69, 9.17) is 0 Å². The Balaban J connectivity index is 1.97. The molecule has 0 heterocycles. The van der Waals surface area contributed by atoms with Crippen LogP contribution in [0.3, 0.4) is 0 Å². The smallest absolute Gasteiger partial charge is 0.0772 e. The Bertz CT molecular complexity index is 329. The zero-order chi connectivity index (χ0) is 11.4. The lowest BCUT2D eigenvalue weighted by atomic mass is 10.1. The van der Waals surface area contributed by atoms with Crippen molar-refractivity contribution in [2.24, 2.45) is 5.92 Å². The van der Waals surface area contributed by atoms with Gasteiger partial charge in [-0.3, -0.25) is 0 Å². The number of aliphatic hydroxyl groups excluding tert-OH is 1. The molecule has 1 aromatic carbocycles. The Morgan fingerprint density at radius 2 is 2.00 bits per heavy atom. The summed E-state index contributed by atoms with van der Waals surface area (Å²) in [4.78, 5) is 1.25. The van der Waals surface area contributed by atoms with Gasteiger partial charge in [0.1, 0.15) is 0 Å². The van der Waals surface area contributed by atoms with Crippen molar-refractivity contribution < 1.29 is 5.11 Å². The zero-order valence-electron chi connectivity index (χ0n) is 9.86. The Morgan fingerprint density at radius 3 is 2.69 bits per heavy atom. The molecule has 88 valence electrons. The highest BCUT2D eigenvalue weighted by molar-refractivity contribution is 7.99. The van der Waals surface area contributed by atoms with Gasteiger partial charge in [-0.25, -0.2) is 0 Å². The normalized spacial score (nSPS) is 18.9. The summed E-state index contributed by atoms with van der Waals surface area (Å²) in [5.41, 5.74) is 1.07. The third-order valence-electron chi connectivity index (χ3n) is 3.32. The number of benzene rings is 1. The van der Waals surface area contributed by atoms with Gasteiger partial charge < -0.3 is 5.11 Å². The van der Waals surface area contributed by atoms with Crippen molar-refractivity contribution in [1.29, 1.82) is 0 Å². The van der Waals surface area contributed by atoms with Crippen molar-refractivity contribution in [1.82, 2.24) is 0 Å². The van der Waals surface area contributed by atoms with Gasteiger partial charge in [-0.1, -0.05) is 31.0 Å². The first kappa shape index (κ1) is 12.0. The van der Waals surface area contributed by atoms with Crippen LogP contribution in [0, 0.1) is 5.92 Å². The molecule has 1 fully saturated rings. The molecular weight excluding hydrogens is 216 g/mol. The van der Waals surface area contributed by atoms with Crippen LogP contribution in [0.25, 0.3) is 0 Å². The van der Waals surface area contributed by atoms with Crippen molar-refractivity contribution in [3.63, 3.8) is 0 Å². The van der Waals surface area contributed by atoms with Crippen LogP contribution in [-0.2, 0) is 0 Å². The number of hydrogen-bond donors (Lipinski definition) is 1. The maximum absolute atomic E-state index is 9.68. The molecule has 0 saturated heterocycles. The molecule has 0 radical (unpaired) electrons. The van der Waals surface area contributed by atoms with Gasteiger partial charge in [-0.15, -0.1) is 11.8 Å². The van der Waals surface area contributed by atoms with Crippen LogP contribution in [0.15, 0.2) is 29.2 Å². The van der Waals surface area contributed by atoms with Crippen LogP contribution in [0.1, 0.15) is 44.3 Å². The SMILES string of the molecule is C[C@@H](O)c1ccccc1SCC1CCCC1. The molecule has 1 aliphatic carbocycles. The predicted octanol–water partition coefficient (Wildman–Crippen LogP) is 4.02. The fourth-order valence-electron chi connectivity index (χ4n) is 2.34. The molecule has 0 spiro atoms. The van der Waals surface area contributed by atoms with Gasteiger partial charge in [0.25, 0.3) is 0 Å². The van der Waals surface area contributed by atoms with E-state index in [1.807, 2.05) is 30.8 Å². The number of aliphatic hydroxyl groups is 1. The quantitative estimate of drug-likeness (QED) is 0.797. The van der Waals surface area contributed by atoms with Crippen molar-refractivity contribution in [3.8, 4) is 0 Å². The van der Waals surface area contributed by atoms with Crippen LogP contribution in [0.5, 0.6) is 0 Å².